The maximum absolute atomic E-state index is 12.5. The second-order valence-electron chi connectivity index (χ2n) is 7.33. The summed E-state index contributed by atoms with van der Waals surface area (Å²) in [6.07, 6.45) is 7.37. The lowest BCUT2D eigenvalue weighted by atomic mass is 9.93. The summed E-state index contributed by atoms with van der Waals surface area (Å²) in [5, 5.41) is 7.42. The van der Waals surface area contributed by atoms with Gasteiger partial charge in [0.15, 0.2) is 0 Å². The minimum atomic E-state index is -0.0758. The van der Waals surface area contributed by atoms with Crippen molar-refractivity contribution in [2.75, 3.05) is 45.9 Å². The molecule has 2 aliphatic heterocycles. The summed E-state index contributed by atoms with van der Waals surface area (Å²) in [6.45, 7) is 11.3. The lowest BCUT2D eigenvalue weighted by Crippen LogP contribution is -2.47. The van der Waals surface area contributed by atoms with Crippen LogP contribution in [0.2, 0.25) is 0 Å². The first-order valence-electron chi connectivity index (χ1n) is 10.1. The molecule has 26 heavy (non-hydrogen) atoms. The third kappa shape index (κ3) is 4.98. The molecule has 1 aromatic heterocycles. The van der Waals surface area contributed by atoms with E-state index in [-0.39, 0.29) is 12.1 Å². The number of aromatic nitrogens is 2. The predicted molar refractivity (Wildman–Crippen MR) is 101 cm³/mol. The van der Waals surface area contributed by atoms with Crippen LogP contribution in [0.5, 0.6) is 0 Å². The fourth-order valence-electron chi connectivity index (χ4n) is 3.84. The van der Waals surface area contributed by atoms with Gasteiger partial charge in [0.25, 0.3) is 0 Å². The van der Waals surface area contributed by atoms with Gasteiger partial charge in [-0.15, -0.1) is 0 Å². The highest BCUT2D eigenvalue weighted by molar-refractivity contribution is 5.74. The van der Waals surface area contributed by atoms with E-state index in [0.717, 1.165) is 37.5 Å². The average molecular weight is 364 g/mol. The molecule has 0 saturated carbocycles. The maximum Gasteiger partial charge on any atom is 0.317 e. The summed E-state index contributed by atoms with van der Waals surface area (Å²) >= 11 is 0. The first-order chi connectivity index (χ1) is 12.7. The van der Waals surface area contributed by atoms with E-state index in [1.807, 2.05) is 22.0 Å². The van der Waals surface area contributed by atoms with Crippen molar-refractivity contribution in [3.8, 4) is 0 Å². The average Bonchev–Trinajstić information content (AvgIpc) is 3.18. The summed E-state index contributed by atoms with van der Waals surface area (Å²) < 4.78 is 7.73. The number of urea groups is 1. The highest BCUT2D eigenvalue weighted by atomic mass is 16.5. The van der Waals surface area contributed by atoms with Crippen LogP contribution in [0.15, 0.2) is 12.4 Å². The Bertz CT molecular complexity index is 568. The van der Waals surface area contributed by atoms with Gasteiger partial charge in [-0.05, 0) is 51.7 Å². The summed E-state index contributed by atoms with van der Waals surface area (Å²) in [5.41, 5.74) is 1.05. The van der Waals surface area contributed by atoms with E-state index in [1.54, 1.807) is 0 Å². The lowest BCUT2D eigenvalue weighted by Gasteiger charge is -2.33. The molecule has 1 aromatic rings. The Kier molecular flexibility index (Phi) is 6.91. The minimum absolute atomic E-state index is 0.0344. The van der Waals surface area contributed by atoms with E-state index in [4.69, 9.17) is 4.74 Å². The molecular formula is C19H33N5O2. The Morgan fingerprint density at radius 1 is 1.27 bits per heavy atom. The first kappa shape index (κ1) is 19.2. The Morgan fingerprint density at radius 3 is 2.77 bits per heavy atom. The summed E-state index contributed by atoms with van der Waals surface area (Å²) in [5.74, 6) is 0.746. The van der Waals surface area contributed by atoms with Crippen molar-refractivity contribution in [2.45, 2.75) is 45.8 Å². The molecule has 2 saturated heterocycles. The molecule has 1 atom stereocenters. The zero-order valence-electron chi connectivity index (χ0n) is 16.2. The second kappa shape index (κ2) is 9.37. The molecule has 2 fully saturated rings. The van der Waals surface area contributed by atoms with Crippen molar-refractivity contribution in [1.29, 1.82) is 0 Å². The molecular weight excluding hydrogens is 330 g/mol. The zero-order chi connectivity index (χ0) is 18.4. The molecule has 146 valence electrons. The molecule has 0 aromatic carbocycles. The molecule has 2 amide bonds. The summed E-state index contributed by atoms with van der Waals surface area (Å²) in [4.78, 5) is 16.9. The molecule has 7 nitrogen and oxygen atoms in total. The van der Waals surface area contributed by atoms with Crippen molar-refractivity contribution in [1.82, 2.24) is 24.9 Å². The summed E-state index contributed by atoms with van der Waals surface area (Å²) in [6, 6.07) is 0.0344. The maximum atomic E-state index is 12.5. The monoisotopic (exact) mass is 363 g/mol. The van der Waals surface area contributed by atoms with Crippen LogP contribution in [0.3, 0.4) is 0 Å². The number of aryl methyl sites for hydroxylation is 1. The van der Waals surface area contributed by atoms with Crippen LogP contribution in [-0.2, 0) is 11.3 Å². The van der Waals surface area contributed by atoms with Gasteiger partial charge in [0.2, 0.25) is 0 Å². The van der Waals surface area contributed by atoms with E-state index < -0.39 is 0 Å². The van der Waals surface area contributed by atoms with E-state index >= 15 is 0 Å². The fraction of sp³-hybridized carbons (Fsp3) is 0.789. The van der Waals surface area contributed by atoms with Gasteiger partial charge < -0.3 is 19.9 Å². The first-order valence-corrected chi connectivity index (χ1v) is 10.1. The normalized spacial score (nSPS) is 22.5. The quantitative estimate of drug-likeness (QED) is 0.841. The number of amides is 2. The number of nitrogens with zero attached hydrogens (tertiary/aromatic N) is 4. The van der Waals surface area contributed by atoms with Crippen LogP contribution < -0.4 is 5.32 Å². The molecule has 1 N–H and O–H groups in total. The number of carbonyl (C=O) groups is 1. The van der Waals surface area contributed by atoms with Crippen molar-refractivity contribution in [2.24, 2.45) is 5.92 Å². The largest absolute Gasteiger partial charge is 0.370 e. The van der Waals surface area contributed by atoms with Gasteiger partial charge in [0, 0.05) is 31.4 Å². The number of hydrogen-bond donors (Lipinski definition) is 1. The smallest absolute Gasteiger partial charge is 0.317 e. The van der Waals surface area contributed by atoms with Gasteiger partial charge >= 0.3 is 6.03 Å². The highest BCUT2D eigenvalue weighted by Crippen LogP contribution is 2.22. The van der Waals surface area contributed by atoms with Gasteiger partial charge in [-0.25, -0.2) is 4.79 Å². The van der Waals surface area contributed by atoms with Crippen molar-refractivity contribution >= 4 is 6.03 Å². The zero-order valence-corrected chi connectivity index (χ0v) is 16.2. The van der Waals surface area contributed by atoms with Crippen LogP contribution in [0.25, 0.3) is 0 Å². The van der Waals surface area contributed by atoms with Gasteiger partial charge in [-0.1, -0.05) is 6.92 Å². The van der Waals surface area contributed by atoms with Crippen LogP contribution in [0.4, 0.5) is 4.79 Å². The Balaban J connectivity index is 1.40. The number of rotatable bonds is 6. The topological polar surface area (TPSA) is 62.6 Å². The lowest BCUT2D eigenvalue weighted by molar-refractivity contribution is -0.0155. The fourth-order valence-corrected chi connectivity index (χ4v) is 3.84. The third-order valence-electron chi connectivity index (χ3n) is 5.69. The number of nitrogens with one attached hydrogen (secondary N) is 1. The molecule has 0 spiro atoms. The second-order valence-corrected chi connectivity index (χ2v) is 7.33. The molecule has 3 heterocycles. The number of ether oxygens (including phenoxy) is 1. The predicted octanol–water partition coefficient (Wildman–Crippen LogP) is 2.11. The SMILES string of the molecule is CCN1CCC(CCNC(=O)N2CCOC(c3cnn(CC)c3)C2)CC1. The number of morpholine rings is 1. The number of likely N-dealkylation sites (tertiary alicyclic amines) is 1. The van der Waals surface area contributed by atoms with Crippen LogP contribution in [0, 0.1) is 5.92 Å². The van der Waals surface area contributed by atoms with Crippen LogP contribution >= 0.6 is 0 Å². The number of hydrogen-bond acceptors (Lipinski definition) is 4. The summed E-state index contributed by atoms with van der Waals surface area (Å²) in [7, 11) is 0. The molecule has 0 bridgehead atoms. The van der Waals surface area contributed by atoms with Crippen molar-refractivity contribution in [3.63, 3.8) is 0 Å². The Labute approximate surface area is 156 Å². The molecule has 1 unspecified atom stereocenters. The van der Waals surface area contributed by atoms with E-state index in [1.165, 1.54) is 25.9 Å². The number of carbonyl (C=O) groups excluding carboxylic acids is 1. The van der Waals surface area contributed by atoms with Gasteiger partial charge in [0.05, 0.1) is 19.3 Å². The van der Waals surface area contributed by atoms with Crippen molar-refractivity contribution < 1.29 is 9.53 Å². The third-order valence-corrected chi connectivity index (χ3v) is 5.69. The van der Waals surface area contributed by atoms with Gasteiger partial charge in [-0.3, -0.25) is 4.68 Å². The molecule has 0 aliphatic carbocycles. The van der Waals surface area contributed by atoms with Crippen LogP contribution in [-0.4, -0.2) is 71.5 Å². The molecule has 0 radical (unpaired) electrons. The van der Waals surface area contributed by atoms with E-state index in [0.29, 0.717) is 19.7 Å². The van der Waals surface area contributed by atoms with Crippen LogP contribution in [0.1, 0.15) is 44.8 Å². The molecule has 2 aliphatic rings. The Morgan fingerprint density at radius 2 is 2.08 bits per heavy atom. The van der Waals surface area contributed by atoms with E-state index in [9.17, 15) is 4.79 Å². The van der Waals surface area contributed by atoms with E-state index in [2.05, 4.69) is 29.2 Å². The minimum Gasteiger partial charge on any atom is -0.370 e. The standard InChI is InChI=1S/C19H33N5O2/c1-3-22-9-6-16(7-10-22)5-8-20-19(25)23-11-12-26-18(15-23)17-13-21-24(4-2)14-17/h13-14,16,18H,3-12,15H2,1-2H3,(H,20,25). The Hall–Kier alpha value is -1.60. The molecule has 3 rings (SSSR count). The number of piperidine rings is 1. The van der Waals surface area contributed by atoms with Gasteiger partial charge in [-0.2, -0.15) is 5.10 Å². The molecule has 7 heteroatoms. The van der Waals surface area contributed by atoms with Crippen molar-refractivity contribution in [3.05, 3.63) is 18.0 Å². The van der Waals surface area contributed by atoms with Gasteiger partial charge in [0.1, 0.15) is 6.10 Å². The highest BCUT2D eigenvalue weighted by Gasteiger charge is 2.26.